The van der Waals surface area contributed by atoms with Gasteiger partial charge in [-0.05, 0) is 41.3 Å². The third-order valence-electron chi connectivity index (χ3n) is 5.33. The van der Waals surface area contributed by atoms with Crippen LogP contribution in [0.1, 0.15) is 22.9 Å². The Morgan fingerprint density at radius 2 is 1.87 bits per heavy atom. The smallest absolute Gasteiger partial charge is 0.262 e. The van der Waals surface area contributed by atoms with Crippen molar-refractivity contribution < 1.29 is 14.3 Å². The largest absolute Gasteiger partial charge is 0.493 e. The van der Waals surface area contributed by atoms with Crippen LogP contribution < -0.4 is 14.4 Å². The molecule has 0 radical (unpaired) electrons. The summed E-state index contributed by atoms with van der Waals surface area (Å²) in [6, 6.07) is 19.5. The van der Waals surface area contributed by atoms with E-state index < -0.39 is 0 Å². The number of ether oxygens (including phenoxy) is 2. The number of anilines is 1. The van der Waals surface area contributed by atoms with E-state index >= 15 is 0 Å². The summed E-state index contributed by atoms with van der Waals surface area (Å²) >= 11 is 1.63. The molecule has 7 heteroatoms. The van der Waals surface area contributed by atoms with Crippen molar-refractivity contribution in [3.05, 3.63) is 76.5 Å². The number of thiophene rings is 1. The maximum atomic E-state index is 13.3. The number of hydrazone groups is 1. The van der Waals surface area contributed by atoms with E-state index in [9.17, 15) is 4.79 Å². The molecule has 0 saturated heterocycles. The van der Waals surface area contributed by atoms with Crippen LogP contribution in [0.15, 0.2) is 71.1 Å². The quantitative estimate of drug-likeness (QED) is 0.545. The summed E-state index contributed by atoms with van der Waals surface area (Å²) in [5.74, 6) is 1.24. The second-order valence-corrected chi connectivity index (χ2v) is 8.24. The molecule has 1 atom stereocenters. The lowest BCUT2D eigenvalue weighted by atomic mass is 10.0. The van der Waals surface area contributed by atoms with Crippen molar-refractivity contribution in [2.45, 2.75) is 12.5 Å². The number of amides is 1. The fourth-order valence-electron chi connectivity index (χ4n) is 3.70. The molecule has 0 aliphatic carbocycles. The van der Waals surface area contributed by atoms with Gasteiger partial charge in [0.15, 0.2) is 11.5 Å². The first-order valence-electron chi connectivity index (χ1n) is 10.0. The number of nitrogens with zero attached hydrogens (tertiary/aromatic N) is 3. The SMILES string of the molecule is COc1ccc([C@@H]2CC(c3cccs3)=NN2C(=O)CN(C)c2ccccc2)cc1OC. The molecule has 0 fully saturated rings. The monoisotopic (exact) mass is 435 g/mol. The van der Waals surface area contributed by atoms with Crippen molar-refractivity contribution in [3.63, 3.8) is 0 Å². The summed E-state index contributed by atoms with van der Waals surface area (Å²) < 4.78 is 10.9. The number of carbonyl (C=O) groups is 1. The first-order valence-corrected chi connectivity index (χ1v) is 10.9. The molecular formula is C24H25N3O3S. The normalized spacial score (nSPS) is 15.5. The Bertz CT molecular complexity index is 1070. The number of likely N-dealkylation sites (N-methyl/N-ethyl adjacent to an activating group) is 1. The molecule has 0 bridgehead atoms. The molecule has 4 rings (SSSR count). The Hall–Kier alpha value is -3.32. The van der Waals surface area contributed by atoms with Crippen molar-refractivity contribution >= 4 is 28.6 Å². The minimum atomic E-state index is -0.200. The van der Waals surface area contributed by atoms with Crippen LogP contribution in [0.5, 0.6) is 11.5 Å². The van der Waals surface area contributed by atoms with Crippen molar-refractivity contribution in [1.29, 1.82) is 0 Å². The molecule has 0 unspecified atom stereocenters. The summed E-state index contributed by atoms with van der Waals surface area (Å²) in [5, 5.41) is 8.39. The van der Waals surface area contributed by atoms with E-state index in [1.165, 1.54) is 0 Å². The minimum Gasteiger partial charge on any atom is -0.493 e. The van der Waals surface area contributed by atoms with Gasteiger partial charge in [-0.2, -0.15) is 5.10 Å². The van der Waals surface area contributed by atoms with Crippen molar-refractivity contribution in [2.24, 2.45) is 5.10 Å². The second kappa shape index (κ2) is 9.22. The van der Waals surface area contributed by atoms with E-state index in [2.05, 4.69) is 0 Å². The highest BCUT2D eigenvalue weighted by Crippen LogP contribution is 2.38. The summed E-state index contributed by atoms with van der Waals surface area (Å²) in [6.45, 7) is 0.231. The average Bonchev–Trinajstić information content (AvgIpc) is 3.49. The van der Waals surface area contributed by atoms with E-state index in [0.717, 1.165) is 21.8 Å². The zero-order valence-electron chi connectivity index (χ0n) is 17.8. The number of hydrogen-bond donors (Lipinski definition) is 0. The first-order chi connectivity index (χ1) is 15.1. The van der Waals surface area contributed by atoms with Crippen LogP contribution in [-0.2, 0) is 4.79 Å². The number of methoxy groups -OCH3 is 2. The highest BCUT2D eigenvalue weighted by atomic mass is 32.1. The van der Waals surface area contributed by atoms with Crippen LogP contribution in [0.3, 0.4) is 0 Å². The van der Waals surface area contributed by atoms with Gasteiger partial charge in [-0.25, -0.2) is 5.01 Å². The Morgan fingerprint density at radius 3 is 2.55 bits per heavy atom. The minimum absolute atomic E-state index is 0.0577. The molecule has 3 aromatic rings. The maximum Gasteiger partial charge on any atom is 0.262 e. The van der Waals surface area contributed by atoms with Crippen molar-refractivity contribution in [2.75, 3.05) is 32.7 Å². The van der Waals surface area contributed by atoms with Gasteiger partial charge in [0.1, 0.15) is 0 Å². The second-order valence-electron chi connectivity index (χ2n) is 7.29. The molecule has 1 aromatic heterocycles. The van der Waals surface area contributed by atoms with Crippen LogP contribution >= 0.6 is 11.3 Å². The van der Waals surface area contributed by atoms with Gasteiger partial charge in [0.2, 0.25) is 0 Å². The van der Waals surface area contributed by atoms with Gasteiger partial charge < -0.3 is 14.4 Å². The number of hydrogen-bond acceptors (Lipinski definition) is 6. The lowest BCUT2D eigenvalue weighted by Gasteiger charge is -2.26. The van der Waals surface area contributed by atoms with Gasteiger partial charge in [-0.1, -0.05) is 30.3 Å². The van der Waals surface area contributed by atoms with Crippen LogP contribution in [0, 0.1) is 0 Å². The summed E-state index contributed by atoms with van der Waals surface area (Å²) in [7, 11) is 5.14. The third kappa shape index (κ3) is 4.41. The van der Waals surface area contributed by atoms with Crippen LogP contribution in [0.4, 0.5) is 5.69 Å². The van der Waals surface area contributed by atoms with Crippen LogP contribution in [0.25, 0.3) is 0 Å². The lowest BCUT2D eigenvalue weighted by Crippen LogP contribution is -2.36. The predicted molar refractivity (Wildman–Crippen MR) is 124 cm³/mol. The van der Waals surface area contributed by atoms with E-state index in [4.69, 9.17) is 14.6 Å². The summed E-state index contributed by atoms with van der Waals surface area (Å²) in [5.41, 5.74) is 2.87. The van der Waals surface area contributed by atoms with Crippen LogP contribution in [0.2, 0.25) is 0 Å². The molecule has 2 aromatic carbocycles. The molecule has 2 heterocycles. The van der Waals surface area contributed by atoms with Gasteiger partial charge in [0.25, 0.3) is 5.91 Å². The Labute approximate surface area is 186 Å². The third-order valence-corrected chi connectivity index (χ3v) is 6.25. The van der Waals surface area contributed by atoms with Gasteiger partial charge in [-0.3, -0.25) is 4.79 Å². The molecule has 31 heavy (non-hydrogen) atoms. The van der Waals surface area contributed by atoms with Gasteiger partial charge in [0.05, 0.1) is 37.4 Å². The average molecular weight is 436 g/mol. The zero-order valence-corrected chi connectivity index (χ0v) is 18.6. The summed E-state index contributed by atoms with van der Waals surface area (Å²) in [6.07, 6.45) is 0.650. The fourth-order valence-corrected chi connectivity index (χ4v) is 4.42. The number of rotatable bonds is 7. The van der Waals surface area contributed by atoms with Crippen molar-refractivity contribution in [3.8, 4) is 11.5 Å². The Morgan fingerprint density at radius 1 is 1.10 bits per heavy atom. The molecule has 1 aliphatic rings. The number of benzene rings is 2. The van der Waals surface area contributed by atoms with Gasteiger partial charge in [0, 0.05) is 19.2 Å². The highest BCUT2D eigenvalue weighted by molar-refractivity contribution is 7.12. The number of para-hydroxylation sites is 1. The Balaban J connectivity index is 1.63. The molecular weight excluding hydrogens is 410 g/mol. The topological polar surface area (TPSA) is 54.4 Å². The molecule has 1 amide bonds. The first kappa shape index (κ1) is 20.9. The summed E-state index contributed by atoms with van der Waals surface area (Å²) in [4.78, 5) is 16.3. The number of carbonyl (C=O) groups excluding carboxylic acids is 1. The van der Waals surface area contributed by atoms with Gasteiger partial charge >= 0.3 is 0 Å². The zero-order chi connectivity index (χ0) is 21.8. The molecule has 6 nitrogen and oxygen atoms in total. The highest BCUT2D eigenvalue weighted by Gasteiger charge is 2.34. The predicted octanol–water partition coefficient (Wildman–Crippen LogP) is 4.58. The van der Waals surface area contributed by atoms with E-state index in [1.54, 1.807) is 30.6 Å². The van der Waals surface area contributed by atoms with E-state index in [-0.39, 0.29) is 18.5 Å². The van der Waals surface area contributed by atoms with E-state index in [1.807, 2.05) is 78.0 Å². The van der Waals surface area contributed by atoms with Crippen LogP contribution in [-0.4, -0.2) is 44.4 Å². The Kier molecular flexibility index (Phi) is 6.23. The maximum absolute atomic E-state index is 13.3. The molecule has 0 N–H and O–H groups in total. The van der Waals surface area contributed by atoms with Crippen molar-refractivity contribution in [1.82, 2.24) is 5.01 Å². The standard InChI is InChI=1S/C24H25N3O3S/c1-26(18-8-5-4-6-9-18)16-24(28)27-20(15-19(25-27)23-10-7-13-31-23)17-11-12-21(29-2)22(14-17)30-3/h4-14,20H,15-16H2,1-3H3/t20-/m0/s1. The lowest BCUT2D eigenvalue weighted by molar-refractivity contribution is -0.131. The fraction of sp³-hybridized carbons (Fsp3) is 0.250. The van der Waals surface area contributed by atoms with Gasteiger partial charge in [-0.15, -0.1) is 11.3 Å². The molecule has 160 valence electrons. The molecule has 0 spiro atoms. The molecule has 0 saturated carbocycles. The molecule has 1 aliphatic heterocycles. The van der Waals surface area contributed by atoms with E-state index in [0.29, 0.717) is 17.9 Å².